The summed E-state index contributed by atoms with van der Waals surface area (Å²) in [5.74, 6) is 0.947. The van der Waals surface area contributed by atoms with Crippen LogP contribution in [-0.2, 0) is 16.1 Å². The second kappa shape index (κ2) is 7.43. The normalized spacial score (nSPS) is 14.2. The van der Waals surface area contributed by atoms with Crippen molar-refractivity contribution in [2.24, 2.45) is 5.73 Å². The third kappa shape index (κ3) is 3.61. The van der Waals surface area contributed by atoms with Crippen LogP contribution in [0.15, 0.2) is 52.5 Å². The lowest BCUT2D eigenvalue weighted by Gasteiger charge is -2.33. The summed E-state index contributed by atoms with van der Waals surface area (Å²) in [6.07, 6.45) is 5.19. The van der Waals surface area contributed by atoms with E-state index >= 15 is 0 Å². The molecule has 26 heavy (non-hydrogen) atoms. The minimum absolute atomic E-state index is 0.156. The fourth-order valence-electron chi connectivity index (χ4n) is 2.72. The van der Waals surface area contributed by atoms with Gasteiger partial charge in [-0.1, -0.05) is 11.2 Å². The van der Waals surface area contributed by atoms with Crippen molar-refractivity contribution in [1.29, 1.82) is 0 Å². The predicted molar refractivity (Wildman–Crippen MR) is 96.5 cm³/mol. The predicted octanol–water partition coefficient (Wildman–Crippen LogP) is 2.54. The van der Waals surface area contributed by atoms with Gasteiger partial charge in [-0.05, 0) is 45.1 Å². The van der Waals surface area contributed by atoms with Crippen LogP contribution in [0, 0.1) is 6.92 Å². The Morgan fingerprint density at radius 2 is 2.19 bits per heavy atom. The average Bonchev–Trinajstić information content (AvgIpc) is 3.01. The van der Waals surface area contributed by atoms with Crippen LogP contribution in [0.25, 0.3) is 11.4 Å². The second-order valence-corrected chi connectivity index (χ2v) is 6.35. The van der Waals surface area contributed by atoms with Crippen molar-refractivity contribution in [1.82, 2.24) is 15.0 Å². The van der Waals surface area contributed by atoms with Crippen LogP contribution in [-0.4, -0.2) is 33.5 Å². The molecule has 0 unspecified atom stereocenters. The fourth-order valence-corrected chi connectivity index (χ4v) is 2.72. The average molecular weight is 354 g/mol. The van der Waals surface area contributed by atoms with E-state index in [1.54, 1.807) is 18.3 Å². The molecule has 1 aliphatic rings. The quantitative estimate of drug-likeness (QED) is 0.857. The first-order valence-corrected chi connectivity index (χ1v) is 8.44. The first kappa shape index (κ1) is 17.7. The SMILES string of the molecule is Cc1onc(-c2ccccn2)c1COC1=CC=C(C(N)=O)CN1C(C)C. The number of ether oxygens (including phenoxy) is 1. The highest BCUT2D eigenvalue weighted by molar-refractivity contribution is 5.93. The van der Waals surface area contributed by atoms with Crippen molar-refractivity contribution in [3.63, 3.8) is 0 Å². The van der Waals surface area contributed by atoms with E-state index in [9.17, 15) is 4.79 Å². The molecule has 136 valence electrons. The number of carbonyl (C=O) groups excluding carboxylic acids is 1. The Hall–Kier alpha value is -3.09. The van der Waals surface area contributed by atoms with E-state index in [0.717, 1.165) is 11.3 Å². The molecule has 0 spiro atoms. The molecular weight excluding hydrogens is 332 g/mol. The minimum Gasteiger partial charge on any atom is -0.474 e. The van der Waals surface area contributed by atoms with Crippen molar-refractivity contribution in [3.8, 4) is 11.4 Å². The van der Waals surface area contributed by atoms with E-state index in [2.05, 4.69) is 10.1 Å². The Balaban J connectivity index is 1.82. The lowest BCUT2D eigenvalue weighted by Crippen LogP contribution is -2.37. The van der Waals surface area contributed by atoms with Gasteiger partial charge in [-0.15, -0.1) is 0 Å². The second-order valence-electron chi connectivity index (χ2n) is 6.35. The van der Waals surface area contributed by atoms with Crippen LogP contribution in [0.1, 0.15) is 25.2 Å². The number of aromatic nitrogens is 2. The molecule has 3 heterocycles. The van der Waals surface area contributed by atoms with Gasteiger partial charge in [-0.25, -0.2) is 0 Å². The van der Waals surface area contributed by atoms with Crippen molar-refractivity contribution in [2.45, 2.75) is 33.4 Å². The van der Waals surface area contributed by atoms with Crippen LogP contribution in [0.4, 0.5) is 0 Å². The van der Waals surface area contributed by atoms with Gasteiger partial charge in [-0.2, -0.15) is 0 Å². The van der Waals surface area contributed by atoms with E-state index in [0.29, 0.717) is 29.5 Å². The third-order valence-corrected chi connectivity index (χ3v) is 4.25. The van der Waals surface area contributed by atoms with Crippen molar-refractivity contribution in [3.05, 3.63) is 59.3 Å². The van der Waals surface area contributed by atoms with Crippen LogP contribution < -0.4 is 5.73 Å². The van der Waals surface area contributed by atoms with E-state index in [1.165, 1.54) is 0 Å². The number of rotatable bonds is 6. The topological polar surface area (TPSA) is 94.5 Å². The van der Waals surface area contributed by atoms with Gasteiger partial charge in [0.05, 0.1) is 17.8 Å². The molecule has 0 saturated heterocycles. The van der Waals surface area contributed by atoms with Gasteiger partial charge in [0, 0.05) is 17.8 Å². The van der Waals surface area contributed by atoms with Crippen LogP contribution in [0.3, 0.4) is 0 Å². The van der Waals surface area contributed by atoms with Gasteiger partial charge < -0.3 is 19.9 Å². The first-order chi connectivity index (χ1) is 12.5. The van der Waals surface area contributed by atoms with E-state index in [1.807, 2.05) is 43.9 Å². The number of hydrogen-bond donors (Lipinski definition) is 1. The Morgan fingerprint density at radius 1 is 1.38 bits per heavy atom. The van der Waals surface area contributed by atoms with Gasteiger partial charge in [0.15, 0.2) is 5.88 Å². The molecule has 2 aromatic rings. The molecule has 2 aromatic heterocycles. The van der Waals surface area contributed by atoms with Crippen LogP contribution in [0.5, 0.6) is 0 Å². The van der Waals surface area contributed by atoms with Gasteiger partial charge in [0.2, 0.25) is 5.91 Å². The summed E-state index contributed by atoms with van der Waals surface area (Å²) in [5.41, 5.74) is 8.20. The minimum atomic E-state index is -0.418. The van der Waals surface area contributed by atoms with Gasteiger partial charge in [0.25, 0.3) is 0 Å². The van der Waals surface area contributed by atoms with E-state index in [-0.39, 0.29) is 12.6 Å². The maximum atomic E-state index is 11.4. The zero-order valence-corrected chi connectivity index (χ0v) is 15.1. The molecule has 0 aliphatic carbocycles. The van der Waals surface area contributed by atoms with Crippen LogP contribution in [0.2, 0.25) is 0 Å². The third-order valence-electron chi connectivity index (χ3n) is 4.25. The highest BCUT2D eigenvalue weighted by atomic mass is 16.5. The summed E-state index contributed by atoms with van der Waals surface area (Å²) < 4.78 is 11.4. The Labute approximate surface area is 152 Å². The Kier molecular flexibility index (Phi) is 5.06. The zero-order valence-electron chi connectivity index (χ0n) is 15.1. The molecule has 0 atom stereocenters. The molecule has 3 rings (SSSR count). The molecule has 1 amide bonds. The number of aryl methyl sites for hydroxylation is 1. The van der Waals surface area contributed by atoms with E-state index in [4.69, 9.17) is 15.0 Å². The summed E-state index contributed by atoms with van der Waals surface area (Å²) in [4.78, 5) is 17.8. The van der Waals surface area contributed by atoms with Gasteiger partial charge in [-0.3, -0.25) is 9.78 Å². The van der Waals surface area contributed by atoms with Crippen LogP contribution >= 0.6 is 0 Å². The number of nitrogens with two attached hydrogens (primary N) is 1. The van der Waals surface area contributed by atoms with Crippen molar-refractivity contribution < 1.29 is 14.1 Å². The van der Waals surface area contributed by atoms with Crippen molar-refractivity contribution in [2.75, 3.05) is 6.54 Å². The Bertz CT molecular complexity index is 853. The highest BCUT2D eigenvalue weighted by Crippen LogP contribution is 2.26. The standard InChI is InChI=1S/C19H22N4O3/c1-12(2)23-10-14(19(20)24)7-8-17(23)25-11-15-13(3)26-22-18(15)16-6-4-5-9-21-16/h4-9,12H,10-11H2,1-3H3,(H2,20,24). The molecule has 0 saturated carbocycles. The maximum Gasteiger partial charge on any atom is 0.246 e. The summed E-state index contributed by atoms with van der Waals surface area (Å²) in [6, 6.07) is 5.78. The number of carbonyl (C=O) groups is 1. The first-order valence-electron chi connectivity index (χ1n) is 8.44. The summed E-state index contributed by atoms with van der Waals surface area (Å²) >= 11 is 0. The molecule has 0 fully saturated rings. The summed E-state index contributed by atoms with van der Waals surface area (Å²) in [6.45, 7) is 6.62. The molecule has 7 nitrogen and oxygen atoms in total. The van der Waals surface area contributed by atoms with Crippen molar-refractivity contribution >= 4 is 5.91 Å². The Morgan fingerprint density at radius 3 is 2.85 bits per heavy atom. The molecule has 1 aliphatic heterocycles. The van der Waals surface area contributed by atoms with Gasteiger partial charge in [0.1, 0.15) is 18.1 Å². The monoisotopic (exact) mass is 354 g/mol. The highest BCUT2D eigenvalue weighted by Gasteiger charge is 2.23. The number of amides is 1. The number of hydrogen-bond acceptors (Lipinski definition) is 6. The molecule has 0 aromatic carbocycles. The molecule has 0 radical (unpaired) electrons. The fraction of sp³-hybridized carbons (Fsp3) is 0.316. The van der Waals surface area contributed by atoms with E-state index < -0.39 is 5.91 Å². The summed E-state index contributed by atoms with van der Waals surface area (Å²) in [5, 5.41) is 4.12. The smallest absolute Gasteiger partial charge is 0.246 e. The lowest BCUT2D eigenvalue weighted by atomic mass is 10.1. The molecule has 2 N–H and O–H groups in total. The summed E-state index contributed by atoms with van der Waals surface area (Å²) in [7, 11) is 0. The maximum absolute atomic E-state index is 11.4. The number of nitrogens with zero attached hydrogens (tertiary/aromatic N) is 3. The molecular formula is C19H22N4O3. The molecule has 0 bridgehead atoms. The number of primary amides is 1. The largest absolute Gasteiger partial charge is 0.474 e. The molecule has 7 heteroatoms. The zero-order chi connectivity index (χ0) is 18.7. The number of pyridine rings is 1. The van der Waals surface area contributed by atoms with Gasteiger partial charge >= 0.3 is 0 Å². The lowest BCUT2D eigenvalue weighted by molar-refractivity contribution is -0.114. The number of allylic oxidation sites excluding steroid dienone is 2.